The van der Waals surface area contributed by atoms with Crippen LogP contribution in [-0.4, -0.2) is 21.2 Å². The molecule has 0 unspecified atom stereocenters. The highest BCUT2D eigenvalue weighted by atomic mass is 35.5. The van der Waals surface area contributed by atoms with Crippen molar-refractivity contribution in [2.24, 2.45) is 5.10 Å². The van der Waals surface area contributed by atoms with Crippen LogP contribution in [0.1, 0.15) is 11.1 Å². The Hall–Kier alpha value is -4.02. The Morgan fingerprint density at radius 1 is 1.17 bits per heavy atom. The smallest absolute Gasteiger partial charge is 0.270 e. The maximum Gasteiger partial charge on any atom is 0.270 e. The van der Waals surface area contributed by atoms with Crippen molar-refractivity contribution in [3.8, 4) is 17.3 Å². The van der Waals surface area contributed by atoms with Crippen molar-refractivity contribution in [3.05, 3.63) is 87.4 Å². The Kier molecular flexibility index (Phi) is 5.01. The highest BCUT2D eigenvalue weighted by Gasteiger charge is 2.12. The summed E-state index contributed by atoms with van der Waals surface area (Å²) in [5.74, 6) is 0.136. The highest BCUT2D eigenvalue weighted by Crippen LogP contribution is 2.22. The van der Waals surface area contributed by atoms with Gasteiger partial charge in [-0.15, -0.1) is 0 Å². The van der Waals surface area contributed by atoms with Gasteiger partial charge in [0.1, 0.15) is 16.8 Å². The zero-order valence-corrected chi connectivity index (χ0v) is 15.7. The molecular formula is C21H13ClN6O. The molecule has 2 N–H and O–H groups in total. The van der Waals surface area contributed by atoms with E-state index >= 15 is 0 Å². The van der Waals surface area contributed by atoms with E-state index in [9.17, 15) is 10.1 Å². The van der Waals surface area contributed by atoms with E-state index in [4.69, 9.17) is 11.6 Å². The van der Waals surface area contributed by atoms with Gasteiger partial charge in [-0.25, -0.2) is 15.4 Å². The first-order chi connectivity index (χ1) is 14.2. The van der Waals surface area contributed by atoms with Gasteiger partial charge in [-0.1, -0.05) is 54.1 Å². The number of halogens is 1. The number of rotatable bonds is 4. The minimum atomic E-state index is -0.535. The number of benzene rings is 2. The molecule has 8 heteroatoms. The maximum absolute atomic E-state index is 12.2. The lowest BCUT2D eigenvalue weighted by Gasteiger charge is -2.06. The van der Waals surface area contributed by atoms with Crippen LogP contribution >= 0.6 is 11.6 Å². The molecule has 0 fully saturated rings. The van der Waals surface area contributed by atoms with Gasteiger partial charge in [-0.2, -0.15) is 10.4 Å². The van der Waals surface area contributed by atoms with Crippen molar-refractivity contribution < 1.29 is 0 Å². The molecule has 140 valence electrons. The van der Waals surface area contributed by atoms with Crippen molar-refractivity contribution >= 4 is 34.5 Å². The molecule has 0 bridgehead atoms. The van der Waals surface area contributed by atoms with Crippen LogP contribution < -0.4 is 11.0 Å². The number of hydrazone groups is 1. The SMILES string of the molecule is N#Cc1c(-c2ccccc2)nc(NN=Cc2ccc3c(Cl)nccc3c2)[nH]c1=O. The molecule has 0 aliphatic carbocycles. The average Bonchev–Trinajstić information content (AvgIpc) is 2.74. The fourth-order valence-corrected chi connectivity index (χ4v) is 3.07. The lowest BCUT2D eigenvalue weighted by molar-refractivity contribution is 1.08. The molecule has 4 rings (SSSR count). The molecule has 2 aromatic heterocycles. The molecule has 0 saturated carbocycles. The number of nitrogens with one attached hydrogen (secondary N) is 2. The molecule has 2 heterocycles. The number of H-pyrrole nitrogens is 1. The Morgan fingerprint density at radius 3 is 2.79 bits per heavy atom. The monoisotopic (exact) mass is 400 g/mol. The third kappa shape index (κ3) is 3.83. The van der Waals surface area contributed by atoms with Gasteiger partial charge in [-0.05, 0) is 23.1 Å². The van der Waals surface area contributed by atoms with Crippen LogP contribution in [-0.2, 0) is 0 Å². The normalized spacial score (nSPS) is 10.9. The number of fused-ring (bicyclic) bond motifs is 1. The average molecular weight is 401 g/mol. The van der Waals surface area contributed by atoms with Gasteiger partial charge in [0.2, 0.25) is 5.95 Å². The van der Waals surface area contributed by atoms with Crippen LogP contribution in [0.2, 0.25) is 5.15 Å². The number of hydrogen-bond acceptors (Lipinski definition) is 6. The van der Waals surface area contributed by atoms with E-state index in [-0.39, 0.29) is 11.5 Å². The molecule has 0 spiro atoms. The number of hydrogen-bond donors (Lipinski definition) is 2. The first-order valence-corrected chi connectivity index (χ1v) is 8.96. The van der Waals surface area contributed by atoms with Crippen LogP contribution in [0.4, 0.5) is 5.95 Å². The van der Waals surface area contributed by atoms with E-state index in [0.29, 0.717) is 16.4 Å². The first kappa shape index (κ1) is 18.3. The number of nitrogens with zero attached hydrogens (tertiary/aromatic N) is 4. The van der Waals surface area contributed by atoms with Gasteiger partial charge in [0.05, 0.1) is 11.9 Å². The van der Waals surface area contributed by atoms with Crippen LogP contribution in [0.25, 0.3) is 22.0 Å². The summed E-state index contributed by atoms with van der Waals surface area (Å²) in [5.41, 5.74) is 3.91. The molecule has 7 nitrogen and oxygen atoms in total. The molecule has 0 radical (unpaired) electrons. The summed E-state index contributed by atoms with van der Waals surface area (Å²) in [4.78, 5) is 23.2. The molecule has 0 aliphatic rings. The Balaban J connectivity index is 1.63. The van der Waals surface area contributed by atoms with Crippen molar-refractivity contribution in [1.29, 1.82) is 5.26 Å². The largest absolute Gasteiger partial charge is 0.290 e. The maximum atomic E-state index is 12.2. The Labute approximate surface area is 170 Å². The Morgan fingerprint density at radius 2 is 2.00 bits per heavy atom. The summed E-state index contributed by atoms with van der Waals surface area (Å²) in [5, 5.41) is 15.7. The number of aromatic amines is 1. The van der Waals surface area contributed by atoms with E-state index in [1.165, 1.54) is 0 Å². The number of aromatic nitrogens is 3. The van der Waals surface area contributed by atoms with Crippen LogP contribution in [0.15, 0.2) is 70.7 Å². The van der Waals surface area contributed by atoms with E-state index in [1.54, 1.807) is 24.5 Å². The van der Waals surface area contributed by atoms with Gasteiger partial charge in [-0.3, -0.25) is 9.78 Å². The summed E-state index contributed by atoms with van der Waals surface area (Å²) in [6, 6.07) is 18.4. The molecule has 29 heavy (non-hydrogen) atoms. The van der Waals surface area contributed by atoms with Crippen molar-refractivity contribution in [2.45, 2.75) is 0 Å². The highest BCUT2D eigenvalue weighted by molar-refractivity contribution is 6.34. The van der Waals surface area contributed by atoms with E-state index < -0.39 is 5.56 Å². The second kappa shape index (κ2) is 7.92. The Bertz CT molecular complexity index is 1320. The first-order valence-electron chi connectivity index (χ1n) is 8.59. The second-order valence-corrected chi connectivity index (χ2v) is 6.43. The molecule has 2 aromatic carbocycles. The zero-order valence-electron chi connectivity index (χ0n) is 14.9. The molecule has 0 atom stereocenters. The van der Waals surface area contributed by atoms with E-state index in [1.807, 2.05) is 48.5 Å². The van der Waals surface area contributed by atoms with Crippen LogP contribution in [0.5, 0.6) is 0 Å². The van der Waals surface area contributed by atoms with Crippen LogP contribution in [0, 0.1) is 11.3 Å². The van der Waals surface area contributed by atoms with Gasteiger partial charge in [0, 0.05) is 17.1 Å². The van der Waals surface area contributed by atoms with Crippen molar-refractivity contribution in [1.82, 2.24) is 15.0 Å². The fourth-order valence-electron chi connectivity index (χ4n) is 2.84. The fraction of sp³-hybridized carbons (Fsp3) is 0. The summed E-state index contributed by atoms with van der Waals surface area (Å²) >= 11 is 6.08. The molecule has 4 aromatic rings. The van der Waals surface area contributed by atoms with Crippen molar-refractivity contribution in [2.75, 3.05) is 5.43 Å². The number of pyridine rings is 1. The predicted octanol–water partition coefficient (Wildman–Crippen LogP) is 3.96. The summed E-state index contributed by atoms with van der Waals surface area (Å²) < 4.78 is 0. The third-order valence-electron chi connectivity index (χ3n) is 4.20. The predicted molar refractivity (Wildman–Crippen MR) is 113 cm³/mol. The lowest BCUT2D eigenvalue weighted by Crippen LogP contribution is -2.16. The van der Waals surface area contributed by atoms with Gasteiger partial charge < -0.3 is 0 Å². The van der Waals surface area contributed by atoms with Gasteiger partial charge in [0.15, 0.2) is 0 Å². The zero-order chi connectivity index (χ0) is 20.2. The summed E-state index contributed by atoms with van der Waals surface area (Å²) in [6.07, 6.45) is 3.23. The molecule has 0 saturated heterocycles. The van der Waals surface area contributed by atoms with Crippen molar-refractivity contribution in [3.63, 3.8) is 0 Å². The van der Waals surface area contributed by atoms with Gasteiger partial charge >= 0.3 is 0 Å². The standard InChI is InChI=1S/C21H13ClN6O/c22-19-16-7-6-13(10-15(16)8-9-24-19)12-25-28-21-26-18(14-4-2-1-3-5-14)17(11-23)20(29)27-21/h1-10,12H,(H2,26,27,28,29). The van der Waals surface area contributed by atoms with Crippen LogP contribution in [0.3, 0.4) is 0 Å². The third-order valence-corrected chi connectivity index (χ3v) is 4.50. The quantitative estimate of drug-likeness (QED) is 0.306. The lowest BCUT2D eigenvalue weighted by atomic mass is 10.1. The topological polar surface area (TPSA) is 107 Å². The molecular weight excluding hydrogens is 388 g/mol. The van der Waals surface area contributed by atoms with E-state index in [0.717, 1.165) is 16.3 Å². The molecule has 0 aliphatic heterocycles. The second-order valence-electron chi connectivity index (χ2n) is 6.07. The van der Waals surface area contributed by atoms with Gasteiger partial charge in [0.25, 0.3) is 5.56 Å². The van der Waals surface area contributed by atoms with E-state index in [2.05, 4.69) is 25.5 Å². The minimum absolute atomic E-state index is 0.0502. The number of nitriles is 1. The summed E-state index contributed by atoms with van der Waals surface area (Å²) in [7, 11) is 0. The summed E-state index contributed by atoms with van der Waals surface area (Å²) in [6.45, 7) is 0. The number of anilines is 1. The minimum Gasteiger partial charge on any atom is -0.290 e. The molecule has 0 amide bonds.